The first-order valence-corrected chi connectivity index (χ1v) is 18.9. The van der Waals surface area contributed by atoms with Crippen LogP contribution in [-0.4, -0.2) is 0 Å². The van der Waals surface area contributed by atoms with Gasteiger partial charge in [-0.2, -0.15) is 0 Å². The second-order valence-corrected chi connectivity index (χ2v) is 15.6. The summed E-state index contributed by atoms with van der Waals surface area (Å²) in [5.74, 6) is 0. The third kappa shape index (κ3) is 3.65. The van der Waals surface area contributed by atoms with Crippen LogP contribution in [0.4, 0.5) is 17.1 Å². The van der Waals surface area contributed by atoms with E-state index in [-0.39, 0.29) is 5.41 Å². The fourth-order valence-electron chi connectivity index (χ4n) is 10.4. The molecule has 1 heterocycles. The maximum absolute atomic E-state index is 6.57. The van der Waals surface area contributed by atoms with Crippen molar-refractivity contribution in [1.29, 1.82) is 0 Å². The largest absolute Gasteiger partial charge is 0.456 e. The fourth-order valence-corrected chi connectivity index (χ4v) is 10.4. The summed E-state index contributed by atoms with van der Waals surface area (Å²) in [6, 6.07) is 65.2. The van der Waals surface area contributed by atoms with Gasteiger partial charge in [0.05, 0.1) is 11.1 Å². The fraction of sp³-hybridized carbons (Fsp3) is 0.0769. The lowest BCUT2D eigenvalue weighted by atomic mass is 9.70. The van der Waals surface area contributed by atoms with Crippen molar-refractivity contribution in [3.63, 3.8) is 0 Å². The highest BCUT2D eigenvalue weighted by molar-refractivity contribution is 6.07. The average Bonchev–Trinajstić information content (AvgIpc) is 3.90. The maximum Gasteiger partial charge on any atom is 0.137 e. The molecule has 0 unspecified atom stereocenters. The Morgan fingerprint density at radius 1 is 0.389 bits per heavy atom. The van der Waals surface area contributed by atoms with Gasteiger partial charge in [-0.05, 0) is 97.6 Å². The Morgan fingerprint density at radius 3 is 1.59 bits per heavy atom. The number of benzene rings is 8. The number of para-hydroxylation sites is 1. The molecule has 1 spiro atoms. The zero-order valence-corrected chi connectivity index (χ0v) is 30.1. The first-order valence-electron chi connectivity index (χ1n) is 18.9. The lowest BCUT2D eigenvalue weighted by Gasteiger charge is -2.36. The Kier molecular flexibility index (Phi) is 5.81. The van der Waals surface area contributed by atoms with Crippen LogP contribution >= 0.6 is 0 Å². The molecule has 254 valence electrons. The number of furan rings is 1. The minimum atomic E-state index is -0.496. The highest BCUT2D eigenvalue weighted by atomic mass is 16.3. The SMILES string of the molecule is CC1(C)c2ccccc2-c2ccc(N(c3ccc4c(c3)oc3ccccc34)c3cccc4c3C3(c5ccccc5-c5ccccc53)c3ccccc3-4)cc21. The van der Waals surface area contributed by atoms with Gasteiger partial charge in [0.15, 0.2) is 0 Å². The third-order valence-corrected chi connectivity index (χ3v) is 12.7. The molecule has 8 aromatic carbocycles. The van der Waals surface area contributed by atoms with Gasteiger partial charge in [-0.1, -0.05) is 147 Å². The minimum absolute atomic E-state index is 0.143. The van der Waals surface area contributed by atoms with Gasteiger partial charge in [-0.25, -0.2) is 0 Å². The minimum Gasteiger partial charge on any atom is -0.456 e. The molecule has 0 bridgehead atoms. The van der Waals surface area contributed by atoms with E-state index < -0.39 is 5.41 Å². The van der Waals surface area contributed by atoms with Crippen LogP contribution in [0.5, 0.6) is 0 Å². The molecule has 0 amide bonds. The van der Waals surface area contributed by atoms with Crippen molar-refractivity contribution in [2.75, 3.05) is 4.90 Å². The van der Waals surface area contributed by atoms with Gasteiger partial charge in [-0.15, -0.1) is 0 Å². The highest BCUT2D eigenvalue weighted by Crippen LogP contribution is 2.65. The average molecular weight is 690 g/mol. The van der Waals surface area contributed by atoms with Gasteiger partial charge < -0.3 is 9.32 Å². The van der Waals surface area contributed by atoms with Crippen LogP contribution in [0.3, 0.4) is 0 Å². The van der Waals surface area contributed by atoms with Crippen LogP contribution < -0.4 is 4.90 Å². The van der Waals surface area contributed by atoms with Gasteiger partial charge in [0.2, 0.25) is 0 Å². The normalized spacial score (nSPS) is 14.8. The molecule has 0 saturated heterocycles. The van der Waals surface area contributed by atoms with Crippen LogP contribution in [0.1, 0.15) is 47.2 Å². The van der Waals surface area contributed by atoms with Crippen molar-refractivity contribution in [2.45, 2.75) is 24.7 Å². The van der Waals surface area contributed by atoms with Crippen LogP contribution in [-0.2, 0) is 10.8 Å². The predicted molar refractivity (Wildman–Crippen MR) is 222 cm³/mol. The summed E-state index contributed by atoms with van der Waals surface area (Å²) in [6.45, 7) is 4.73. The van der Waals surface area contributed by atoms with Crippen molar-refractivity contribution < 1.29 is 4.42 Å². The summed E-state index contributed by atoms with van der Waals surface area (Å²) in [5, 5.41) is 2.26. The van der Waals surface area contributed by atoms with Crippen molar-refractivity contribution >= 4 is 39.0 Å². The van der Waals surface area contributed by atoms with Gasteiger partial charge in [0.25, 0.3) is 0 Å². The molecule has 9 aromatic rings. The standard InChI is InChI=1S/C52H35NO/c1-51(2)42-20-8-3-14-34(42)38-28-26-32(30-46(38)51)53(33-27-29-40-39-18-7-12-25-48(39)54-49(40)31-33)47-24-13-19-41-37-17-6-11-23-45(37)52(50(41)47)43-21-9-4-15-35(43)36-16-5-10-22-44(36)52/h3-31H,1-2H3. The number of hydrogen-bond donors (Lipinski definition) is 0. The first kappa shape index (κ1) is 29.9. The Bertz CT molecular complexity index is 2990. The monoisotopic (exact) mass is 689 g/mol. The van der Waals surface area contributed by atoms with E-state index in [4.69, 9.17) is 4.42 Å². The molecular formula is C52H35NO. The number of hydrogen-bond acceptors (Lipinski definition) is 2. The first-order chi connectivity index (χ1) is 26.5. The quantitative estimate of drug-likeness (QED) is 0.184. The van der Waals surface area contributed by atoms with E-state index in [0.717, 1.165) is 33.3 Å². The topological polar surface area (TPSA) is 16.4 Å². The van der Waals surface area contributed by atoms with Crippen LogP contribution in [0, 0.1) is 0 Å². The molecule has 0 atom stereocenters. The number of rotatable bonds is 3. The molecule has 0 saturated carbocycles. The molecule has 54 heavy (non-hydrogen) atoms. The summed E-state index contributed by atoms with van der Waals surface area (Å²) in [7, 11) is 0. The maximum atomic E-state index is 6.57. The van der Waals surface area contributed by atoms with E-state index in [1.165, 1.54) is 72.4 Å². The van der Waals surface area contributed by atoms with Crippen molar-refractivity contribution in [1.82, 2.24) is 0 Å². The zero-order chi connectivity index (χ0) is 35.8. The molecule has 3 aliphatic rings. The second-order valence-electron chi connectivity index (χ2n) is 15.6. The Balaban J connectivity index is 1.19. The van der Waals surface area contributed by atoms with E-state index in [0.29, 0.717) is 0 Å². The molecule has 2 nitrogen and oxygen atoms in total. The molecular weight excluding hydrogens is 655 g/mol. The van der Waals surface area contributed by atoms with Crippen LogP contribution in [0.25, 0.3) is 55.3 Å². The smallest absolute Gasteiger partial charge is 0.137 e. The summed E-state index contributed by atoms with van der Waals surface area (Å²) in [4.78, 5) is 2.50. The van der Waals surface area contributed by atoms with E-state index in [1.54, 1.807) is 0 Å². The van der Waals surface area contributed by atoms with Crippen molar-refractivity contribution in [3.05, 3.63) is 209 Å². The van der Waals surface area contributed by atoms with Gasteiger partial charge in [0.1, 0.15) is 11.2 Å². The third-order valence-electron chi connectivity index (χ3n) is 12.7. The van der Waals surface area contributed by atoms with E-state index >= 15 is 0 Å². The van der Waals surface area contributed by atoms with Crippen molar-refractivity contribution in [2.24, 2.45) is 0 Å². The summed E-state index contributed by atoms with van der Waals surface area (Å²) >= 11 is 0. The van der Waals surface area contributed by atoms with E-state index in [1.807, 2.05) is 6.07 Å². The van der Waals surface area contributed by atoms with Crippen LogP contribution in [0.2, 0.25) is 0 Å². The lowest BCUT2D eigenvalue weighted by molar-refractivity contribution is 0.660. The number of fused-ring (bicyclic) bond motifs is 16. The number of nitrogens with zero attached hydrogens (tertiary/aromatic N) is 1. The summed E-state index contributed by atoms with van der Waals surface area (Å²) in [5.41, 5.74) is 20.4. The second kappa shape index (κ2) is 10.5. The lowest BCUT2D eigenvalue weighted by Crippen LogP contribution is -2.28. The molecule has 2 heteroatoms. The number of anilines is 3. The molecule has 12 rings (SSSR count). The Morgan fingerprint density at radius 2 is 0.889 bits per heavy atom. The zero-order valence-electron chi connectivity index (χ0n) is 30.1. The Labute approximate surface area is 314 Å². The van der Waals surface area contributed by atoms with Crippen LogP contribution in [0.15, 0.2) is 180 Å². The van der Waals surface area contributed by atoms with E-state index in [2.05, 4.69) is 189 Å². The molecule has 0 aliphatic heterocycles. The molecule has 0 N–H and O–H groups in total. The Hall–Kier alpha value is -6.64. The van der Waals surface area contributed by atoms with Gasteiger partial charge >= 0.3 is 0 Å². The molecule has 1 aromatic heterocycles. The van der Waals surface area contributed by atoms with E-state index in [9.17, 15) is 0 Å². The van der Waals surface area contributed by atoms with Gasteiger partial charge in [-0.3, -0.25) is 0 Å². The van der Waals surface area contributed by atoms with Gasteiger partial charge in [0, 0.05) is 39.2 Å². The molecule has 0 fully saturated rings. The predicted octanol–water partition coefficient (Wildman–Crippen LogP) is 13.7. The summed E-state index contributed by atoms with van der Waals surface area (Å²) in [6.07, 6.45) is 0. The molecule has 3 aliphatic carbocycles. The molecule has 0 radical (unpaired) electrons. The van der Waals surface area contributed by atoms with Crippen molar-refractivity contribution in [3.8, 4) is 33.4 Å². The summed E-state index contributed by atoms with van der Waals surface area (Å²) < 4.78 is 6.57. The highest BCUT2D eigenvalue weighted by Gasteiger charge is 2.53.